The molecule has 2 aliphatic carbocycles. The van der Waals surface area contributed by atoms with Crippen LogP contribution in [-0.2, 0) is 0 Å². The second-order valence-electron chi connectivity index (χ2n) is 5.82. The first-order valence-electron chi connectivity index (χ1n) is 6.84. The van der Waals surface area contributed by atoms with Gasteiger partial charge in [-0.15, -0.1) is 0 Å². The molecule has 0 amide bonds. The Morgan fingerprint density at radius 2 is 2.00 bits per heavy atom. The highest BCUT2D eigenvalue weighted by Crippen LogP contribution is 2.36. The number of hydrogen-bond donors (Lipinski definition) is 1. The second kappa shape index (κ2) is 4.06. The topological polar surface area (TPSA) is 15.3 Å². The largest absolute Gasteiger partial charge is 0.314 e. The summed E-state index contributed by atoms with van der Waals surface area (Å²) in [7, 11) is 0. The molecule has 86 valence electrons. The Hall–Kier alpha value is -0.0800. The summed E-state index contributed by atoms with van der Waals surface area (Å²) in [6.45, 7) is 5.07. The van der Waals surface area contributed by atoms with Crippen molar-refractivity contribution in [1.82, 2.24) is 10.2 Å². The van der Waals surface area contributed by atoms with E-state index >= 15 is 0 Å². The van der Waals surface area contributed by atoms with E-state index in [-0.39, 0.29) is 0 Å². The zero-order valence-electron chi connectivity index (χ0n) is 9.91. The molecule has 1 heterocycles. The summed E-state index contributed by atoms with van der Waals surface area (Å²) in [6, 6.07) is 2.68. The van der Waals surface area contributed by atoms with E-state index in [4.69, 9.17) is 0 Å². The smallest absolute Gasteiger partial charge is 0.0139 e. The molecule has 2 saturated carbocycles. The number of hydrogen-bond acceptors (Lipinski definition) is 2. The van der Waals surface area contributed by atoms with Crippen LogP contribution in [0.15, 0.2) is 0 Å². The number of rotatable bonds is 4. The molecule has 3 rings (SSSR count). The molecule has 0 aromatic carbocycles. The van der Waals surface area contributed by atoms with E-state index in [1.54, 1.807) is 0 Å². The Labute approximate surface area is 93.4 Å². The summed E-state index contributed by atoms with van der Waals surface area (Å²) in [6.07, 6.45) is 8.64. The molecule has 2 nitrogen and oxygen atoms in total. The molecule has 3 aliphatic rings. The quantitative estimate of drug-likeness (QED) is 0.760. The van der Waals surface area contributed by atoms with Gasteiger partial charge in [-0.05, 0) is 64.5 Å². The molecular weight excluding hydrogens is 184 g/mol. The van der Waals surface area contributed by atoms with Crippen molar-refractivity contribution in [2.45, 2.75) is 63.6 Å². The van der Waals surface area contributed by atoms with Crippen LogP contribution in [0.2, 0.25) is 0 Å². The maximum absolute atomic E-state index is 3.70. The SMILES string of the molecule is CC1CCCN1C1CCC1CNC1CC1. The minimum atomic E-state index is 0.860. The maximum atomic E-state index is 3.70. The van der Waals surface area contributed by atoms with Crippen molar-refractivity contribution in [3.8, 4) is 0 Å². The Morgan fingerprint density at radius 1 is 1.13 bits per heavy atom. The highest BCUT2D eigenvalue weighted by molar-refractivity contribution is 4.95. The summed E-state index contributed by atoms with van der Waals surface area (Å²) in [5.41, 5.74) is 0. The van der Waals surface area contributed by atoms with Crippen LogP contribution >= 0.6 is 0 Å². The van der Waals surface area contributed by atoms with E-state index in [1.807, 2.05) is 0 Å². The summed E-state index contributed by atoms with van der Waals surface area (Å²) >= 11 is 0. The second-order valence-corrected chi connectivity index (χ2v) is 5.82. The van der Waals surface area contributed by atoms with Gasteiger partial charge in [-0.1, -0.05) is 0 Å². The van der Waals surface area contributed by atoms with Crippen LogP contribution in [0.3, 0.4) is 0 Å². The van der Waals surface area contributed by atoms with Crippen molar-refractivity contribution >= 4 is 0 Å². The van der Waals surface area contributed by atoms with Gasteiger partial charge in [0.05, 0.1) is 0 Å². The minimum Gasteiger partial charge on any atom is -0.314 e. The first kappa shape index (κ1) is 10.1. The first-order chi connectivity index (χ1) is 7.34. The van der Waals surface area contributed by atoms with Crippen molar-refractivity contribution in [3.63, 3.8) is 0 Å². The zero-order valence-corrected chi connectivity index (χ0v) is 9.91. The summed E-state index contributed by atoms with van der Waals surface area (Å²) in [5.74, 6) is 0.964. The Bertz CT molecular complexity index is 225. The van der Waals surface area contributed by atoms with Crippen LogP contribution in [0.1, 0.15) is 45.4 Å². The van der Waals surface area contributed by atoms with Gasteiger partial charge in [0.15, 0.2) is 0 Å². The standard InChI is InChI=1S/C13H24N2/c1-10-3-2-8-15(10)13-7-4-11(13)9-14-12-5-6-12/h10-14H,2-9H2,1H3. The van der Waals surface area contributed by atoms with Crippen LogP contribution in [0.5, 0.6) is 0 Å². The van der Waals surface area contributed by atoms with Gasteiger partial charge < -0.3 is 5.32 Å². The van der Waals surface area contributed by atoms with Crippen LogP contribution in [0.25, 0.3) is 0 Å². The van der Waals surface area contributed by atoms with E-state index in [0.717, 1.165) is 24.0 Å². The Kier molecular flexibility index (Phi) is 2.73. The lowest BCUT2D eigenvalue weighted by Gasteiger charge is -2.45. The van der Waals surface area contributed by atoms with E-state index in [0.29, 0.717) is 0 Å². The lowest BCUT2D eigenvalue weighted by Crippen LogP contribution is -2.51. The molecule has 3 atom stereocenters. The summed E-state index contributed by atoms with van der Waals surface area (Å²) < 4.78 is 0. The van der Waals surface area contributed by atoms with Gasteiger partial charge in [0.25, 0.3) is 0 Å². The predicted molar refractivity (Wildman–Crippen MR) is 62.9 cm³/mol. The lowest BCUT2D eigenvalue weighted by molar-refractivity contribution is 0.0567. The normalized spacial score (nSPS) is 41.8. The highest BCUT2D eigenvalue weighted by atomic mass is 15.2. The molecule has 1 N–H and O–H groups in total. The van der Waals surface area contributed by atoms with Crippen molar-refractivity contribution in [2.24, 2.45) is 5.92 Å². The highest BCUT2D eigenvalue weighted by Gasteiger charge is 2.39. The average Bonchev–Trinajstić information content (AvgIpc) is 2.91. The third-order valence-corrected chi connectivity index (χ3v) is 4.65. The van der Waals surface area contributed by atoms with E-state index < -0.39 is 0 Å². The van der Waals surface area contributed by atoms with Crippen molar-refractivity contribution in [2.75, 3.05) is 13.1 Å². The molecule has 0 bridgehead atoms. The summed E-state index contributed by atoms with van der Waals surface area (Å²) in [5, 5.41) is 3.70. The monoisotopic (exact) mass is 208 g/mol. The molecule has 3 unspecified atom stereocenters. The fourth-order valence-corrected chi connectivity index (χ4v) is 3.28. The summed E-state index contributed by atoms with van der Waals surface area (Å²) in [4.78, 5) is 2.78. The number of likely N-dealkylation sites (tertiary alicyclic amines) is 1. The zero-order chi connectivity index (χ0) is 10.3. The predicted octanol–water partition coefficient (Wildman–Crippen LogP) is 2.00. The first-order valence-corrected chi connectivity index (χ1v) is 6.84. The molecule has 0 radical (unpaired) electrons. The van der Waals surface area contributed by atoms with Gasteiger partial charge in [-0.2, -0.15) is 0 Å². The number of nitrogens with zero attached hydrogens (tertiary/aromatic N) is 1. The van der Waals surface area contributed by atoms with Crippen LogP contribution in [0, 0.1) is 5.92 Å². The van der Waals surface area contributed by atoms with Gasteiger partial charge >= 0.3 is 0 Å². The lowest BCUT2D eigenvalue weighted by atomic mass is 9.78. The Balaban J connectivity index is 1.48. The van der Waals surface area contributed by atoms with Crippen molar-refractivity contribution in [3.05, 3.63) is 0 Å². The van der Waals surface area contributed by atoms with Crippen LogP contribution < -0.4 is 5.32 Å². The van der Waals surface area contributed by atoms with E-state index in [1.165, 1.54) is 51.6 Å². The van der Waals surface area contributed by atoms with Gasteiger partial charge in [0, 0.05) is 18.1 Å². The maximum Gasteiger partial charge on any atom is 0.0139 e. The fourth-order valence-electron chi connectivity index (χ4n) is 3.28. The van der Waals surface area contributed by atoms with Crippen molar-refractivity contribution in [1.29, 1.82) is 0 Å². The van der Waals surface area contributed by atoms with Gasteiger partial charge in [-0.25, -0.2) is 0 Å². The molecule has 1 saturated heterocycles. The molecule has 0 aromatic heterocycles. The van der Waals surface area contributed by atoms with E-state index in [9.17, 15) is 0 Å². The molecule has 1 aliphatic heterocycles. The third kappa shape index (κ3) is 2.07. The van der Waals surface area contributed by atoms with Gasteiger partial charge in [0.2, 0.25) is 0 Å². The molecule has 15 heavy (non-hydrogen) atoms. The van der Waals surface area contributed by atoms with Crippen molar-refractivity contribution < 1.29 is 0 Å². The van der Waals surface area contributed by atoms with Crippen LogP contribution in [-0.4, -0.2) is 36.1 Å². The Morgan fingerprint density at radius 3 is 2.53 bits per heavy atom. The third-order valence-electron chi connectivity index (χ3n) is 4.65. The number of nitrogens with one attached hydrogen (secondary N) is 1. The molecule has 2 heteroatoms. The van der Waals surface area contributed by atoms with Crippen LogP contribution in [0.4, 0.5) is 0 Å². The fraction of sp³-hybridized carbons (Fsp3) is 1.00. The molecule has 3 fully saturated rings. The molecular formula is C13H24N2. The van der Waals surface area contributed by atoms with E-state index in [2.05, 4.69) is 17.1 Å². The average molecular weight is 208 g/mol. The molecule has 0 aromatic rings. The minimum absolute atomic E-state index is 0.860. The molecule has 0 spiro atoms. The van der Waals surface area contributed by atoms with Gasteiger partial charge in [-0.3, -0.25) is 4.90 Å². The van der Waals surface area contributed by atoms with Gasteiger partial charge in [0.1, 0.15) is 0 Å².